The lowest BCUT2D eigenvalue weighted by molar-refractivity contribution is 0.310. The third-order valence-electron chi connectivity index (χ3n) is 1.64. The molecule has 0 unspecified atom stereocenters. The second kappa shape index (κ2) is 3.18. The van der Waals surface area contributed by atoms with E-state index in [4.69, 9.17) is 5.73 Å². The van der Waals surface area contributed by atoms with Crippen molar-refractivity contribution in [2.75, 3.05) is 5.73 Å². The Morgan fingerprint density at radius 2 is 2.00 bits per heavy atom. The summed E-state index contributed by atoms with van der Waals surface area (Å²) in [6.45, 7) is 0. The molecule has 2 N–H and O–H groups in total. The maximum atomic E-state index is 5.55. The van der Waals surface area contributed by atoms with E-state index in [1.54, 1.807) is 0 Å². The molecule has 0 aliphatic heterocycles. The van der Waals surface area contributed by atoms with Crippen molar-refractivity contribution in [3.8, 4) is 11.3 Å². The Kier molecular flexibility index (Phi) is 2.02. The lowest BCUT2D eigenvalue weighted by Crippen LogP contribution is -1.88. The first-order valence-electron chi connectivity index (χ1n) is 3.62. The van der Waals surface area contributed by atoms with Crippen LogP contribution in [0.4, 0.5) is 5.82 Å². The fourth-order valence-electron chi connectivity index (χ4n) is 1.04. The van der Waals surface area contributed by atoms with Gasteiger partial charge in [-0.15, -0.1) is 0 Å². The molecular formula is C8H6BrN3O. The van der Waals surface area contributed by atoms with Crippen molar-refractivity contribution < 1.29 is 4.63 Å². The first-order valence-corrected chi connectivity index (χ1v) is 4.41. The summed E-state index contributed by atoms with van der Waals surface area (Å²) >= 11 is 3.39. The molecule has 0 bridgehead atoms. The quantitative estimate of drug-likeness (QED) is 0.828. The smallest absolute Gasteiger partial charge is 0.196 e. The predicted molar refractivity (Wildman–Crippen MR) is 51.8 cm³/mol. The number of benzene rings is 1. The van der Waals surface area contributed by atoms with Crippen LogP contribution in [-0.4, -0.2) is 10.3 Å². The fraction of sp³-hybridized carbons (Fsp3) is 0. The van der Waals surface area contributed by atoms with Crippen LogP contribution in [0.5, 0.6) is 0 Å². The summed E-state index contributed by atoms with van der Waals surface area (Å²) in [5, 5.41) is 7.21. The van der Waals surface area contributed by atoms with Gasteiger partial charge in [-0.05, 0) is 16.4 Å². The molecule has 0 aliphatic rings. The van der Waals surface area contributed by atoms with Crippen molar-refractivity contribution in [1.29, 1.82) is 0 Å². The highest BCUT2D eigenvalue weighted by Gasteiger charge is 2.10. The second-order valence-electron chi connectivity index (χ2n) is 2.48. The Labute approximate surface area is 82.8 Å². The van der Waals surface area contributed by atoms with Crippen LogP contribution in [0.2, 0.25) is 0 Å². The summed E-state index contributed by atoms with van der Waals surface area (Å²) in [5.74, 6) is 0.298. The van der Waals surface area contributed by atoms with E-state index in [9.17, 15) is 0 Å². The van der Waals surface area contributed by atoms with E-state index >= 15 is 0 Å². The number of rotatable bonds is 1. The molecule has 0 radical (unpaired) electrons. The van der Waals surface area contributed by atoms with Crippen LogP contribution in [0.15, 0.2) is 33.4 Å². The van der Waals surface area contributed by atoms with Gasteiger partial charge < -0.3 is 5.73 Å². The Bertz CT molecular complexity index is 427. The first-order chi connectivity index (χ1) is 6.29. The molecule has 0 saturated heterocycles. The molecule has 0 aliphatic carbocycles. The highest BCUT2D eigenvalue weighted by atomic mass is 79.9. The Hall–Kier alpha value is -1.36. The normalized spacial score (nSPS) is 10.2. The van der Waals surface area contributed by atoms with Gasteiger partial charge in [0, 0.05) is 10.0 Å². The minimum absolute atomic E-state index is 0.298. The lowest BCUT2D eigenvalue weighted by Gasteiger charge is -1.98. The molecule has 1 aromatic carbocycles. The maximum absolute atomic E-state index is 5.55. The Morgan fingerprint density at radius 1 is 1.23 bits per heavy atom. The van der Waals surface area contributed by atoms with E-state index in [-0.39, 0.29) is 0 Å². The standard InChI is InChI=1S/C8H6BrN3O/c9-6-4-2-1-3-5(6)7-8(10)12-13-11-7/h1-4H,(H2,10,12). The average molecular weight is 240 g/mol. The molecule has 66 valence electrons. The van der Waals surface area contributed by atoms with E-state index in [0.29, 0.717) is 11.5 Å². The van der Waals surface area contributed by atoms with Crippen molar-refractivity contribution in [1.82, 2.24) is 10.3 Å². The van der Waals surface area contributed by atoms with Gasteiger partial charge in [-0.3, -0.25) is 0 Å². The van der Waals surface area contributed by atoms with Gasteiger partial charge in [-0.1, -0.05) is 34.1 Å². The zero-order valence-electron chi connectivity index (χ0n) is 6.57. The third kappa shape index (κ3) is 1.42. The Balaban J connectivity index is 2.59. The van der Waals surface area contributed by atoms with Crippen molar-refractivity contribution in [3.63, 3.8) is 0 Å². The molecule has 2 aromatic rings. The molecule has 0 amide bonds. The van der Waals surface area contributed by atoms with E-state index in [2.05, 4.69) is 30.9 Å². The van der Waals surface area contributed by atoms with E-state index in [0.717, 1.165) is 10.0 Å². The van der Waals surface area contributed by atoms with E-state index in [1.165, 1.54) is 0 Å². The molecule has 13 heavy (non-hydrogen) atoms. The van der Waals surface area contributed by atoms with Gasteiger partial charge in [0.15, 0.2) is 11.5 Å². The van der Waals surface area contributed by atoms with Crippen LogP contribution < -0.4 is 5.73 Å². The zero-order valence-corrected chi connectivity index (χ0v) is 8.15. The number of halogens is 1. The van der Waals surface area contributed by atoms with Crippen molar-refractivity contribution >= 4 is 21.7 Å². The fourth-order valence-corrected chi connectivity index (χ4v) is 1.51. The number of hydrogen-bond acceptors (Lipinski definition) is 4. The predicted octanol–water partition coefficient (Wildman–Crippen LogP) is 2.08. The Morgan fingerprint density at radius 3 is 2.62 bits per heavy atom. The molecule has 1 heterocycles. The SMILES string of the molecule is Nc1nonc1-c1ccccc1Br. The molecule has 1 aromatic heterocycles. The van der Waals surface area contributed by atoms with Crippen molar-refractivity contribution in [2.24, 2.45) is 0 Å². The van der Waals surface area contributed by atoms with Crippen LogP contribution in [0.3, 0.4) is 0 Å². The van der Waals surface area contributed by atoms with E-state index < -0.39 is 0 Å². The van der Waals surface area contributed by atoms with Crippen LogP contribution in [-0.2, 0) is 0 Å². The van der Waals surface area contributed by atoms with Gasteiger partial charge >= 0.3 is 0 Å². The molecule has 4 nitrogen and oxygen atoms in total. The van der Waals surface area contributed by atoms with Crippen LogP contribution >= 0.6 is 15.9 Å². The molecule has 5 heteroatoms. The summed E-state index contributed by atoms with van der Waals surface area (Å²) < 4.78 is 5.42. The van der Waals surface area contributed by atoms with Crippen LogP contribution in [0.1, 0.15) is 0 Å². The van der Waals surface area contributed by atoms with Crippen molar-refractivity contribution in [2.45, 2.75) is 0 Å². The van der Waals surface area contributed by atoms with Gasteiger partial charge in [0.05, 0.1) is 0 Å². The summed E-state index contributed by atoms with van der Waals surface area (Å²) in [7, 11) is 0. The summed E-state index contributed by atoms with van der Waals surface area (Å²) in [4.78, 5) is 0. The van der Waals surface area contributed by atoms with Crippen molar-refractivity contribution in [3.05, 3.63) is 28.7 Å². The minimum atomic E-state index is 0.298. The summed E-state index contributed by atoms with van der Waals surface area (Å²) in [6, 6.07) is 7.61. The minimum Gasteiger partial charge on any atom is -0.379 e. The van der Waals surface area contributed by atoms with Crippen LogP contribution in [0, 0.1) is 0 Å². The molecule has 0 saturated carbocycles. The number of nitrogens with two attached hydrogens (primary N) is 1. The first kappa shape index (κ1) is 8.25. The van der Waals surface area contributed by atoms with Gasteiger partial charge in [0.1, 0.15) is 0 Å². The van der Waals surface area contributed by atoms with Gasteiger partial charge in [-0.2, -0.15) is 0 Å². The monoisotopic (exact) mass is 239 g/mol. The van der Waals surface area contributed by atoms with E-state index in [1.807, 2.05) is 24.3 Å². The molecule has 0 spiro atoms. The molecule has 2 rings (SSSR count). The number of aromatic nitrogens is 2. The molecular weight excluding hydrogens is 234 g/mol. The number of nitrogen functional groups attached to an aromatic ring is 1. The zero-order chi connectivity index (χ0) is 9.26. The topological polar surface area (TPSA) is 64.9 Å². The second-order valence-corrected chi connectivity index (χ2v) is 3.33. The van der Waals surface area contributed by atoms with Gasteiger partial charge in [0.25, 0.3) is 0 Å². The van der Waals surface area contributed by atoms with Gasteiger partial charge in [-0.25, -0.2) is 4.63 Å². The third-order valence-corrected chi connectivity index (χ3v) is 2.33. The molecule has 0 fully saturated rings. The average Bonchev–Trinajstić information content (AvgIpc) is 2.52. The van der Waals surface area contributed by atoms with Gasteiger partial charge in [0.2, 0.25) is 0 Å². The number of nitrogens with zero attached hydrogens (tertiary/aromatic N) is 2. The number of anilines is 1. The molecule has 0 atom stereocenters. The summed E-state index contributed by atoms with van der Waals surface area (Å²) in [6.07, 6.45) is 0. The number of hydrogen-bond donors (Lipinski definition) is 1. The summed E-state index contributed by atoms with van der Waals surface area (Å²) in [5.41, 5.74) is 6.99. The van der Waals surface area contributed by atoms with Crippen LogP contribution in [0.25, 0.3) is 11.3 Å². The highest BCUT2D eigenvalue weighted by molar-refractivity contribution is 9.10. The largest absolute Gasteiger partial charge is 0.379 e. The highest BCUT2D eigenvalue weighted by Crippen LogP contribution is 2.29. The lowest BCUT2D eigenvalue weighted by atomic mass is 10.1. The maximum Gasteiger partial charge on any atom is 0.196 e.